The number of hydrogen-bond donors (Lipinski definition) is 3. The van der Waals surface area contributed by atoms with Gasteiger partial charge in [-0.25, -0.2) is 4.99 Å². The van der Waals surface area contributed by atoms with E-state index in [2.05, 4.69) is 20.9 Å². The molecular weight excluding hydrogens is 340 g/mol. The highest BCUT2D eigenvalue weighted by molar-refractivity contribution is 6.30. The van der Waals surface area contributed by atoms with Gasteiger partial charge in [0.1, 0.15) is 11.9 Å². The normalized spacial score (nSPS) is 12.4. The second-order valence-electron chi connectivity index (χ2n) is 5.63. The van der Waals surface area contributed by atoms with Crippen molar-refractivity contribution >= 4 is 23.5 Å². The zero-order valence-corrected chi connectivity index (χ0v) is 16.0. The first-order valence-corrected chi connectivity index (χ1v) is 9.14. The number of nitrogens with zero attached hydrogens (tertiary/aromatic N) is 1. The summed E-state index contributed by atoms with van der Waals surface area (Å²) in [5.41, 5.74) is 0. The molecule has 1 aromatic rings. The predicted octanol–water partition coefficient (Wildman–Crippen LogP) is 2.58. The van der Waals surface area contributed by atoms with Gasteiger partial charge in [0, 0.05) is 31.1 Å². The average molecular weight is 369 g/mol. The van der Waals surface area contributed by atoms with Gasteiger partial charge in [-0.2, -0.15) is 0 Å². The zero-order chi connectivity index (χ0) is 18.5. The lowest BCUT2D eigenvalue weighted by Crippen LogP contribution is -2.40. The Balaban J connectivity index is 2.40. The van der Waals surface area contributed by atoms with Gasteiger partial charge in [-0.15, -0.1) is 0 Å². The minimum atomic E-state index is -0.0792. The van der Waals surface area contributed by atoms with Gasteiger partial charge in [-0.05, 0) is 44.5 Å². The molecule has 0 aliphatic heterocycles. The van der Waals surface area contributed by atoms with Gasteiger partial charge in [0.05, 0.1) is 6.54 Å². The summed E-state index contributed by atoms with van der Waals surface area (Å²) >= 11 is 5.86. The Morgan fingerprint density at radius 2 is 1.88 bits per heavy atom. The van der Waals surface area contributed by atoms with Crippen LogP contribution in [0.25, 0.3) is 0 Å². The van der Waals surface area contributed by atoms with E-state index in [-0.39, 0.29) is 12.0 Å². The largest absolute Gasteiger partial charge is 0.489 e. The van der Waals surface area contributed by atoms with Crippen molar-refractivity contribution in [2.45, 2.75) is 39.7 Å². The molecule has 0 aliphatic carbocycles. The first-order valence-electron chi connectivity index (χ1n) is 8.76. The first-order chi connectivity index (χ1) is 12.0. The Morgan fingerprint density at radius 1 is 1.16 bits per heavy atom. The summed E-state index contributed by atoms with van der Waals surface area (Å²) in [6.45, 7) is 8.49. The minimum absolute atomic E-state index is 0.0460. The van der Waals surface area contributed by atoms with Crippen molar-refractivity contribution in [3.8, 4) is 5.75 Å². The van der Waals surface area contributed by atoms with Crippen LogP contribution in [0, 0.1) is 0 Å². The van der Waals surface area contributed by atoms with Crippen LogP contribution in [0.5, 0.6) is 5.75 Å². The van der Waals surface area contributed by atoms with Crippen LogP contribution >= 0.6 is 11.6 Å². The SMILES string of the molecule is CCCNC(=O)CCNC(=NCC(C)Oc1ccc(Cl)cc1)NCC. The molecule has 0 bridgehead atoms. The predicted molar refractivity (Wildman–Crippen MR) is 103 cm³/mol. The fourth-order valence-corrected chi connectivity index (χ4v) is 2.12. The summed E-state index contributed by atoms with van der Waals surface area (Å²) in [5.74, 6) is 1.49. The Bertz CT molecular complexity index is 534. The van der Waals surface area contributed by atoms with E-state index in [0.717, 1.165) is 18.7 Å². The number of ether oxygens (including phenoxy) is 1. The van der Waals surface area contributed by atoms with Crippen LogP contribution in [-0.4, -0.2) is 44.1 Å². The summed E-state index contributed by atoms with van der Waals surface area (Å²) in [4.78, 5) is 16.1. The number of amides is 1. The number of guanidine groups is 1. The number of carbonyl (C=O) groups is 1. The lowest BCUT2D eigenvalue weighted by atomic mass is 10.3. The fourth-order valence-electron chi connectivity index (χ4n) is 1.99. The molecule has 6 nitrogen and oxygen atoms in total. The van der Waals surface area contributed by atoms with E-state index in [0.29, 0.717) is 37.0 Å². The summed E-state index contributed by atoms with van der Waals surface area (Å²) < 4.78 is 5.80. The monoisotopic (exact) mass is 368 g/mol. The molecule has 0 fully saturated rings. The van der Waals surface area contributed by atoms with Gasteiger partial charge in [-0.1, -0.05) is 18.5 Å². The molecule has 1 amide bonds. The standard InChI is InChI=1S/C18H29ClN4O2/c1-4-11-21-17(24)10-12-22-18(20-5-2)23-13-14(3)25-16-8-6-15(19)7-9-16/h6-9,14H,4-5,10-13H2,1-3H3,(H,21,24)(H2,20,22,23). The number of hydrogen-bond acceptors (Lipinski definition) is 3. The number of rotatable bonds is 10. The number of aliphatic imine (C=N–C) groups is 1. The van der Waals surface area contributed by atoms with Gasteiger partial charge in [0.15, 0.2) is 5.96 Å². The topological polar surface area (TPSA) is 74.8 Å². The van der Waals surface area contributed by atoms with E-state index in [9.17, 15) is 4.79 Å². The quantitative estimate of drug-likeness (QED) is 0.438. The minimum Gasteiger partial charge on any atom is -0.489 e. The number of benzene rings is 1. The van der Waals surface area contributed by atoms with Crippen LogP contribution < -0.4 is 20.7 Å². The fraction of sp³-hybridized carbons (Fsp3) is 0.556. The molecule has 0 saturated heterocycles. The molecule has 25 heavy (non-hydrogen) atoms. The molecule has 3 N–H and O–H groups in total. The van der Waals surface area contributed by atoms with Crippen LogP contribution in [-0.2, 0) is 4.79 Å². The number of nitrogens with one attached hydrogen (secondary N) is 3. The van der Waals surface area contributed by atoms with E-state index >= 15 is 0 Å². The lowest BCUT2D eigenvalue weighted by molar-refractivity contribution is -0.120. The molecule has 1 unspecified atom stereocenters. The molecule has 1 rings (SSSR count). The number of halogens is 1. The van der Waals surface area contributed by atoms with Crippen molar-refractivity contribution in [3.63, 3.8) is 0 Å². The molecule has 0 heterocycles. The summed E-state index contributed by atoms with van der Waals surface area (Å²) in [5, 5.41) is 9.85. The Kier molecular flexibility index (Phi) is 10.5. The third-order valence-corrected chi connectivity index (χ3v) is 3.47. The van der Waals surface area contributed by atoms with E-state index < -0.39 is 0 Å². The smallest absolute Gasteiger partial charge is 0.221 e. The van der Waals surface area contributed by atoms with E-state index in [1.54, 1.807) is 12.1 Å². The summed E-state index contributed by atoms with van der Waals surface area (Å²) in [6, 6.07) is 7.26. The Hall–Kier alpha value is -1.95. The van der Waals surface area contributed by atoms with Crippen molar-refractivity contribution in [1.82, 2.24) is 16.0 Å². The van der Waals surface area contributed by atoms with E-state index in [1.165, 1.54) is 0 Å². The van der Waals surface area contributed by atoms with Crippen LogP contribution in [0.15, 0.2) is 29.3 Å². The maximum absolute atomic E-state index is 11.6. The van der Waals surface area contributed by atoms with E-state index in [4.69, 9.17) is 16.3 Å². The molecular formula is C18H29ClN4O2. The second-order valence-corrected chi connectivity index (χ2v) is 6.07. The molecule has 0 saturated carbocycles. The summed E-state index contributed by atoms with van der Waals surface area (Å²) in [7, 11) is 0. The highest BCUT2D eigenvalue weighted by Crippen LogP contribution is 2.16. The van der Waals surface area contributed by atoms with Gasteiger partial charge >= 0.3 is 0 Å². The van der Waals surface area contributed by atoms with Crippen LogP contribution in [0.1, 0.15) is 33.6 Å². The highest BCUT2D eigenvalue weighted by atomic mass is 35.5. The highest BCUT2D eigenvalue weighted by Gasteiger charge is 2.06. The third-order valence-electron chi connectivity index (χ3n) is 3.22. The van der Waals surface area contributed by atoms with Crippen molar-refractivity contribution < 1.29 is 9.53 Å². The van der Waals surface area contributed by atoms with Gasteiger partial charge in [0.2, 0.25) is 5.91 Å². The van der Waals surface area contributed by atoms with Crippen molar-refractivity contribution in [3.05, 3.63) is 29.3 Å². The molecule has 0 radical (unpaired) electrons. The molecule has 140 valence electrons. The summed E-state index contributed by atoms with van der Waals surface area (Å²) in [6.07, 6.45) is 1.28. The molecule has 0 spiro atoms. The molecule has 0 aliphatic rings. The third kappa shape index (κ3) is 9.82. The van der Waals surface area contributed by atoms with Crippen LogP contribution in [0.4, 0.5) is 0 Å². The molecule has 1 atom stereocenters. The number of carbonyl (C=O) groups excluding carboxylic acids is 1. The average Bonchev–Trinajstić information content (AvgIpc) is 2.60. The van der Waals surface area contributed by atoms with Crippen molar-refractivity contribution in [2.24, 2.45) is 4.99 Å². The lowest BCUT2D eigenvalue weighted by Gasteiger charge is -2.15. The van der Waals surface area contributed by atoms with Crippen LogP contribution in [0.2, 0.25) is 5.02 Å². The maximum atomic E-state index is 11.6. The molecule has 7 heteroatoms. The molecule has 0 aromatic heterocycles. The van der Waals surface area contributed by atoms with Crippen LogP contribution in [0.3, 0.4) is 0 Å². The first kappa shape index (κ1) is 21.1. The zero-order valence-electron chi connectivity index (χ0n) is 15.3. The molecule has 1 aromatic carbocycles. The van der Waals surface area contributed by atoms with Gasteiger partial charge in [-0.3, -0.25) is 4.79 Å². The Labute approximate surface area is 155 Å². The second kappa shape index (κ2) is 12.4. The van der Waals surface area contributed by atoms with Crippen molar-refractivity contribution in [2.75, 3.05) is 26.2 Å². The Morgan fingerprint density at radius 3 is 2.52 bits per heavy atom. The van der Waals surface area contributed by atoms with Gasteiger partial charge in [0.25, 0.3) is 0 Å². The van der Waals surface area contributed by atoms with Gasteiger partial charge < -0.3 is 20.7 Å². The van der Waals surface area contributed by atoms with Crippen molar-refractivity contribution in [1.29, 1.82) is 0 Å². The maximum Gasteiger partial charge on any atom is 0.221 e. The van der Waals surface area contributed by atoms with E-state index in [1.807, 2.05) is 32.9 Å².